The molecule has 0 bridgehead atoms. The van der Waals surface area contributed by atoms with Crippen LogP contribution in [-0.4, -0.2) is 14.5 Å². The lowest BCUT2D eigenvalue weighted by molar-refractivity contribution is 0.669. The monoisotopic (exact) mass is 403 g/mol. The van der Waals surface area contributed by atoms with Crippen molar-refractivity contribution in [2.45, 2.75) is 20.8 Å². The van der Waals surface area contributed by atoms with Crippen molar-refractivity contribution in [2.75, 3.05) is 0 Å². The zero-order chi connectivity index (χ0) is 21.1. The minimum absolute atomic E-state index is 0.862. The van der Waals surface area contributed by atoms with Crippen LogP contribution in [0.15, 0.2) is 77.2 Å². The molecule has 0 saturated heterocycles. The summed E-state index contributed by atoms with van der Waals surface area (Å²) >= 11 is 0. The molecule has 4 nitrogen and oxygen atoms in total. The summed E-state index contributed by atoms with van der Waals surface area (Å²) in [5, 5.41) is 2.28. The Bertz CT molecular complexity index is 1610. The summed E-state index contributed by atoms with van der Waals surface area (Å²) in [5.74, 6) is 0.862. The third-order valence-corrected chi connectivity index (χ3v) is 5.93. The summed E-state index contributed by atoms with van der Waals surface area (Å²) < 4.78 is 8.59. The molecule has 0 N–H and O–H groups in total. The number of hydrogen-bond acceptors (Lipinski definition) is 3. The normalized spacial score (nSPS) is 11.7. The molecule has 0 aliphatic heterocycles. The zero-order valence-corrected chi connectivity index (χ0v) is 17.7. The zero-order valence-electron chi connectivity index (χ0n) is 17.7. The molecule has 6 rings (SSSR count). The molecule has 0 aliphatic rings. The predicted octanol–water partition coefficient (Wildman–Crippen LogP) is 6.91. The minimum Gasteiger partial charge on any atom is -0.455 e. The third kappa shape index (κ3) is 2.61. The van der Waals surface area contributed by atoms with Crippen molar-refractivity contribution in [1.29, 1.82) is 0 Å². The topological polar surface area (TPSA) is 43.9 Å². The number of aryl methyl sites for hydroxylation is 3. The Morgan fingerprint density at radius 1 is 0.806 bits per heavy atom. The molecule has 6 aromatic rings. The van der Waals surface area contributed by atoms with E-state index in [0.717, 1.165) is 61.4 Å². The quantitative estimate of drug-likeness (QED) is 0.315. The van der Waals surface area contributed by atoms with E-state index in [9.17, 15) is 0 Å². The molecule has 0 aliphatic carbocycles. The second-order valence-corrected chi connectivity index (χ2v) is 8.06. The Hall–Kier alpha value is -3.92. The second kappa shape index (κ2) is 6.54. The van der Waals surface area contributed by atoms with E-state index in [0.29, 0.717) is 0 Å². The van der Waals surface area contributed by atoms with Gasteiger partial charge in [-0.2, -0.15) is 0 Å². The Morgan fingerprint density at radius 2 is 1.58 bits per heavy atom. The maximum absolute atomic E-state index is 6.39. The molecule has 3 heterocycles. The van der Waals surface area contributed by atoms with Crippen LogP contribution in [0.4, 0.5) is 0 Å². The van der Waals surface area contributed by atoms with E-state index in [1.54, 1.807) is 0 Å². The maximum Gasteiger partial charge on any atom is 0.149 e. The first kappa shape index (κ1) is 17.9. The number of benzene rings is 3. The van der Waals surface area contributed by atoms with Crippen LogP contribution in [0.25, 0.3) is 50.0 Å². The van der Waals surface area contributed by atoms with Gasteiger partial charge >= 0.3 is 0 Å². The molecular formula is C27H21N3O. The molecule has 3 aromatic carbocycles. The molecule has 3 aromatic heterocycles. The number of para-hydroxylation sites is 2. The molecule has 0 spiro atoms. The Morgan fingerprint density at radius 3 is 2.42 bits per heavy atom. The van der Waals surface area contributed by atoms with E-state index in [2.05, 4.69) is 54.0 Å². The summed E-state index contributed by atoms with van der Waals surface area (Å²) in [4.78, 5) is 9.82. The van der Waals surface area contributed by atoms with Crippen LogP contribution < -0.4 is 0 Å². The van der Waals surface area contributed by atoms with Crippen molar-refractivity contribution >= 4 is 33.0 Å². The van der Waals surface area contributed by atoms with Gasteiger partial charge in [-0.15, -0.1) is 0 Å². The summed E-state index contributed by atoms with van der Waals surface area (Å²) in [5.41, 5.74) is 8.88. The van der Waals surface area contributed by atoms with Gasteiger partial charge in [0.15, 0.2) is 0 Å². The van der Waals surface area contributed by atoms with E-state index < -0.39 is 0 Å². The number of furan rings is 1. The molecule has 31 heavy (non-hydrogen) atoms. The largest absolute Gasteiger partial charge is 0.455 e. The highest BCUT2D eigenvalue weighted by Crippen LogP contribution is 2.39. The van der Waals surface area contributed by atoms with E-state index >= 15 is 0 Å². The lowest BCUT2D eigenvalue weighted by Gasteiger charge is -2.11. The minimum atomic E-state index is 0.862. The van der Waals surface area contributed by atoms with Crippen molar-refractivity contribution in [3.05, 3.63) is 89.7 Å². The summed E-state index contributed by atoms with van der Waals surface area (Å²) in [7, 11) is 0. The van der Waals surface area contributed by atoms with Crippen molar-refractivity contribution in [1.82, 2.24) is 14.5 Å². The number of hydrogen-bond donors (Lipinski definition) is 0. The van der Waals surface area contributed by atoms with Crippen LogP contribution in [-0.2, 0) is 0 Å². The van der Waals surface area contributed by atoms with Gasteiger partial charge in [0.1, 0.15) is 17.0 Å². The van der Waals surface area contributed by atoms with Crippen molar-refractivity contribution in [3.63, 3.8) is 0 Å². The average Bonchev–Trinajstić information content (AvgIpc) is 3.34. The van der Waals surface area contributed by atoms with Gasteiger partial charge in [0, 0.05) is 22.2 Å². The third-order valence-electron chi connectivity index (χ3n) is 5.93. The van der Waals surface area contributed by atoms with Crippen LogP contribution in [0.3, 0.4) is 0 Å². The van der Waals surface area contributed by atoms with Crippen molar-refractivity contribution in [2.24, 2.45) is 0 Å². The number of nitrogens with zero attached hydrogens (tertiary/aromatic N) is 3. The molecule has 0 radical (unpaired) electrons. The van der Waals surface area contributed by atoms with Crippen LogP contribution in [0.1, 0.15) is 17.0 Å². The number of aromatic nitrogens is 3. The van der Waals surface area contributed by atoms with E-state index in [-0.39, 0.29) is 0 Å². The Balaban J connectivity index is 1.78. The fourth-order valence-corrected chi connectivity index (χ4v) is 4.61. The van der Waals surface area contributed by atoms with E-state index in [1.807, 2.05) is 44.2 Å². The number of fused-ring (bicyclic) bond motifs is 4. The average molecular weight is 403 g/mol. The SMILES string of the molecule is Cc1cc2nc(-c3ccc(C)c4c3oc3ccccc34)n(-c3ccccc3)c2c(C)n1. The lowest BCUT2D eigenvalue weighted by Crippen LogP contribution is -2.00. The van der Waals surface area contributed by atoms with Crippen molar-refractivity contribution < 1.29 is 4.42 Å². The highest BCUT2D eigenvalue weighted by molar-refractivity contribution is 6.11. The van der Waals surface area contributed by atoms with Gasteiger partial charge in [-0.3, -0.25) is 9.55 Å². The molecule has 0 fully saturated rings. The first-order chi connectivity index (χ1) is 15.1. The summed E-state index contributed by atoms with van der Waals surface area (Å²) in [6.45, 7) is 6.19. The van der Waals surface area contributed by atoms with Gasteiger partial charge < -0.3 is 4.42 Å². The fraction of sp³-hybridized carbons (Fsp3) is 0.111. The standard InChI is InChI=1S/C27H21N3O/c1-16-13-14-21(26-24(16)20-11-7-8-12-23(20)31-26)27-29-22-15-17(2)28-18(3)25(22)30(27)19-9-5-4-6-10-19/h4-15H,1-3H3. The molecule has 0 unspecified atom stereocenters. The van der Waals surface area contributed by atoms with Gasteiger partial charge in [-0.25, -0.2) is 4.98 Å². The molecule has 150 valence electrons. The summed E-state index contributed by atoms with van der Waals surface area (Å²) in [6, 6.07) is 24.9. The number of pyridine rings is 1. The van der Waals surface area contributed by atoms with Gasteiger partial charge in [-0.1, -0.05) is 42.5 Å². The van der Waals surface area contributed by atoms with Gasteiger partial charge in [0.05, 0.1) is 22.3 Å². The number of imidazole rings is 1. The van der Waals surface area contributed by atoms with Gasteiger partial charge in [0.2, 0.25) is 0 Å². The molecule has 0 amide bonds. The van der Waals surface area contributed by atoms with Gasteiger partial charge in [-0.05, 0) is 56.7 Å². The molecular weight excluding hydrogens is 382 g/mol. The Kier molecular flexibility index (Phi) is 3.78. The summed E-state index contributed by atoms with van der Waals surface area (Å²) in [6.07, 6.45) is 0. The maximum atomic E-state index is 6.39. The lowest BCUT2D eigenvalue weighted by atomic mass is 10.0. The molecule has 0 atom stereocenters. The first-order valence-corrected chi connectivity index (χ1v) is 10.4. The van der Waals surface area contributed by atoms with Crippen LogP contribution >= 0.6 is 0 Å². The highest BCUT2D eigenvalue weighted by Gasteiger charge is 2.21. The first-order valence-electron chi connectivity index (χ1n) is 10.4. The molecule has 4 heteroatoms. The number of rotatable bonds is 2. The van der Waals surface area contributed by atoms with E-state index in [4.69, 9.17) is 14.4 Å². The molecule has 0 saturated carbocycles. The highest BCUT2D eigenvalue weighted by atomic mass is 16.3. The van der Waals surface area contributed by atoms with Crippen molar-refractivity contribution in [3.8, 4) is 17.1 Å². The van der Waals surface area contributed by atoms with Crippen LogP contribution in [0, 0.1) is 20.8 Å². The van der Waals surface area contributed by atoms with Gasteiger partial charge in [0.25, 0.3) is 0 Å². The Labute approximate surface area is 179 Å². The smallest absolute Gasteiger partial charge is 0.149 e. The van der Waals surface area contributed by atoms with Crippen LogP contribution in [0.2, 0.25) is 0 Å². The second-order valence-electron chi connectivity index (χ2n) is 8.06. The predicted molar refractivity (Wildman–Crippen MR) is 126 cm³/mol. The fourth-order valence-electron chi connectivity index (χ4n) is 4.61. The van der Waals surface area contributed by atoms with E-state index in [1.165, 1.54) is 5.56 Å². The van der Waals surface area contributed by atoms with Crippen LogP contribution in [0.5, 0.6) is 0 Å².